The topological polar surface area (TPSA) is 99.3 Å². The van der Waals surface area contributed by atoms with E-state index in [-0.39, 0.29) is 18.3 Å². The first kappa shape index (κ1) is 16.2. The summed E-state index contributed by atoms with van der Waals surface area (Å²) in [6, 6.07) is 13.5. The highest BCUT2D eigenvalue weighted by Crippen LogP contribution is 2.24. The Labute approximate surface area is 148 Å². The van der Waals surface area contributed by atoms with Gasteiger partial charge in [-0.05, 0) is 11.6 Å². The van der Waals surface area contributed by atoms with Crippen LogP contribution in [0.3, 0.4) is 0 Å². The molecule has 1 aliphatic heterocycles. The summed E-state index contributed by atoms with van der Waals surface area (Å²) < 4.78 is 7.23. The summed E-state index contributed by atoms with van der Waals surface area (Å²) in [5, 5.41) is 14.1. The fraction of sp³-hybridized carbons (Fsp3) is 0.222. The lowest BCUT2D eigenvalue weighted by Crippen LogP contribution is -2.45. The molecule has 1 aliphatic rings. The average Bonchev–Trinajstić information content (AvgIpc) is 3.04. The van der Waals surface area contributed by atoms with Gasteiger partial charge in [0.1, 0.15) is 18.5 Å². The van der Waals surface area contributed by atoms with Gasteiger partial charge in [-0.3, -0.25) is 20.2 Å². The van der Waals surface area contributed by atoms with Crippen LogP contribution < -0.4 is 5.32 Å². The first-order valence-corrected chi connectivity index (χ1v) is 8.19. The molecule has 1 unspecified atom stereocenters. The van der Waals surface area contributed by atoms with Crippen molar-refractivity contribution in [1.29, 1.82) is 0 Å². The van der Waals surface area contributed by atoms with Crippen molar-refractivity contribution in [3.05, 3.63) is 70.0 Å². The minimum Gasteiger partial charge on any atom is -0.460 e. The van der Waals surface area contributed by atoms with Crippen LogP contribution in [0.15, 0.2) is 48.5 Å². The molecule has 2 heterocycles. The van der Waals surface area contributed by atoms with Gasteiger partial charge < -0.3 is 9.30 Å². The van der Waals surface area contributed by atoms with E-state index in [2.05, 4.69) is 10.3 Å². The molecular weight excluding hydrogens is 336 g/mol. The standard InChI is InChI=1S/C18H16N4O4/c23-18(26-11-12-4-2-1-3-5-12)15-10-21-16-8-13(22(24)25)6-7-14(16)20-17(21)9-19-15/h1-8,15,19H,9-11H2. The molecule has 1 atom stereocenters. The van der Waals surface area contributed by atoms with E-state index in [9.17, 15) is 14.9 Å². The summed E-state index contributed by atoms with van der Waals surface area (Å²) in [7, 11) is 0. The van der Waals surface area contributed by atoms with Crippen molar-refractivity contribution in [3.8, 4) is 0 Å². The van der Waals surface area contributed by atoms with Crippen LogP contribution in [0.2, 0.25) is 0 Å². The maximum atomic E-state index is 12.4. The van der Waals surface area contributed by atoms with Crippen molar-refractivity contribution >= 4 is 22.7 Å². The predicted octanol–water partition coefficient (Wildman–Crippen LogP) is 2.16. The number of fused-ring (bicyclic) bond motifs is 3. The number of imidazole rings is 1. The zero-order chi connectivity index (χ0) is 18.1. The van der Waals surface area contributed by atoms with Gasteiger partial charge in [0.15, 0.2) is 0 Å². The molecule has 132 valence electrons. The monoisotopic (exact) mass is 352 g/mol. The fourth-order valence-electron chi connectivity index (χ4n) is 3.06. The zero-order valence-electron chi connectivity index (χ0n) is 13.8. The lowest BCUT2D eigenvalue weighted by atomic mass is 10.2. The number of aromatic nitrogens is 2. The van der Waals surface area contributed by atoms with Crippen LogP contribution in [-0.2, 0) is 29.2 Å². The van der Waals surface area contributed by atoms with E-state index < -0.39 is 11.0 Å². The molecule has 4 rings (SSSR count). The zero-order valence-corrected chi connectivity index (χ0v) is 13.8. The van der Waals surface area contributed by atoms with Gasteiger partial charge in [-0.1, -0.05) is 30.3 Å². The molecule has 0 amide bonds. The van der Waals surface area contributed by atoms with Gasteiger partial charge in [-0.25, -0.2) is 4.98 Å². The molecule has 3 aromatic rings. The Balaban J connectivity index is 1.53. The Hall–Kier alpha value is -3.26. The predicted molar refractivity (Wildman–Crippen MR) is 93.3 cm³/mol. The molecule has 0 fully saturated rings. The summed E-state index contributed by atoms with van der Waals surface area (Å²) in [5.74, 6) is 0.388. The van der Waals surface area contributed by atoms with E-state index in [0.29, 0.717) is 24.1 Å². The van der Waals surface area contributed by atoms with Crippen molar-refractivity contribution in [2.24, 2.45) is 0 Å². The number of nitrogens with zero attached hydrogens (tertiary/aromatic N) is 3. The Morgan fingerprint density at radius 1 is 1.31 bits per heavy atom. The number of ether oxygens (including phenoxy) is 1. The number of rotatable bonds is 4. The van der Waals surface area contributed by atoms with Gasteiger partial charge in [-0.15, -0.1) is 0 Å². The van der Waals surface area contributed by atoms with E-state index in [1.54, 1.807) is 6.07 Å². The van der Waals surface area contributed by atoms with Crippen molar-refractivity contribution in [3.63, 3.8) is 0 Å². The van der Waals surface area contributed by atoms with Crippen LogP contribution in [0, 0.1) is 10.1 Å². The van der Waals surface area contributed by atoms with Crippen molar-refractivity contribution < 1.29 is 14.5 Å². The van der Waals surface area contributed by atoms with Crippen LogP contribution in [0.4, 0.5) is 5.69 Å². The number of hydrogen-bond acceptors (Lipinski definition) is 6. The highest BCUT2D eigenvalue weighted by atomic mass is 16.6. The summed E-state index contributed by atoms with van der Waals surface area (Å²) in [5.41, 5.74) is 2.24. The molecule has 8 heteroatoms. The Morgan fingerprint density at radius 3 is 2.88 bits per heavy atom. The number of hydrogen-bond donors (Lipinski definition) is 1. The van der Waals surface area contributed by atoms with Crippen molar-refractivity contribution in [1.82, 2.24) is 14.9 Å². The average molecular weight is 352 g/mol. The highest BCUT2D eigenvalue weighted by Gasteiger charge is 2.28. The third kappa shape index (κ3) is 3.02. The van der Waals surface area contributed by atoms with Gasteiger partial charge in [0.05, 0.1) is 29.0 Å². The van der Waals surface area contributed by atoms with E-state index >= 15 is 0 Å². The summed E-state index contributed by atoms with van der Waals surface area (Å²) in [6.07, 6.45) is 0. The maximum absolute atomic E-state index is 12.4. The molecule has 0 aliphatic carbocycles. The molecule has 1 N–H and O–H groups in total. The third-order valence-electron chi connectivity index (χ3n) is 4.40. The molecule has 26 heavy (non-hydrogen) atoms. The number of carbonyl (C=O) groups excluding carboxylic acids is 1. The number of nitro benzene ring substituents is 1. The molecule has 0 spiro atoms. The van der Waals surface area contributed by atoms with Crippen LogP contribution in [-0.4, -0.2) is 26.5 Å². The SMILES string of the molecule is O=C(OCc1ccccc1)C1Cn2c(nc3ccc([N+](=O)[O-])cc32)CN1. The van der Waals surface area contributed by atoms with Crippen LogP contribution in [0.5, 0.6) is 0 Å². The lowest BCUT2D eigenvalue weighted by molar-refractivity contribution is -0.384. The van der Waals surface area contributed by atoms with E-state index in [4.69, 9.17) is 4.74 Å². The highest BCUT2D eigenvalue weighted by molar-refractivity contribution is 5.80. The minimum atomic E-state index is -0.525. The quantitative estimate of drug-likeness (QED) is 0.439. The first-order valence-electron chi connectivity index (χ1n) is 8.19. The van der Waals surface area contributed by atoms with Gasteiger partial charge in [0.25, 0.3) is 5.69 Å². The normalized spacial score (nSPS) is 16.2. The number of benzene rings is 2. The fourth-order valence-corrected chi connectivity index (χ4v) is 3.06. The van der Waals surface area contributed by atoms with E-state index in [1.165, 1.54) is 12.1 Å². The Kier molecular flexibility index (Phi) is 4.10. The van der Waals surface area contributed by atoms with Gasteiger partial charge in [0.2, 0.25) is 0 Å². The molecule has 0 saturated carbocycles. The number of non-ortho nitro benzene ring substituents is 1. The van der Waals surface area contributed by atoms with Gasteiger partial charge >= 0.3 is 5.97 Å². The molecule has 0 saturated heterocycles. The van der Waals surface area contributed by atoms with Gasteiger partial charge in [0, 0.05) is 12.1 Å². The van der Waals surface area contributed by atoms with E-state index in [0.717, 1.165) is 11.4 Å². The molecule has 0 bridgehead atoms. The lowest BCUT2D eigenvalue weighted by Gasteiger charge is -2.24. The summed E-state index contributed by atoms with van der Waals surface area (Å²) >= 11 is 0. The number of carbonyl (C=O) groups is 1. The van der Waals surface area contributed by atoms with Crippen molar-refractivity contribution in [2.45, 2.75) is 25.7 Å². The maximum Gasteiger partial charge on any atom is 0.325 e. The first-order chi connectivity index (χ1) is 12.6. The smallest absolute Gasteiger partial charge is 0.325 e. The second-order valence-corrected chi connectivity index (χ2v) is 6.10. The molecular formula is C18H16N4O4. The van der Waals surface area contributed by atoms with Crippen LogP contribution >= 0.6 is 0 Å². The third-order valence-corrected chi connectivity index (χ3v) is 4.40. The second kappa shape index (κ2) is 6.57. The van der Waals surface area contributed by atoms with Crippen molar-refractivity contribution in [2.75, 3.05) is 0 Å². The van der Waals surface area contributed by atoms with E-state index in [1.807, 2.05) is 34.9 Å². The van der Waals surface area contributed by atoms with Crippen LogP contribution in [0.1, 0.15) is 11.4 Å². The Morgan fingerprint density at radius 2 is 2.12 bits per heavy atom. The molecule has 0 radical (unpaired) electrons. The second-order valence-electron chi connectivity index (χ2n) is 6.10. The Bertz CT molecular complexity index is 984. The largest absolute Gasteiger partial charge is 0.460 e. The number of esters is 1. The summed E-state index contributed by atoms with van der Waals surface area (Å²) in [6.45, 7) is 0.926. The minimum absolute atomic E-state index is 0.00179. The number of nitrogens with one attached hydrogen (secondary N) is 1. The summed E-state index contributed by atoms with van der Waals surface area (Å²) in [4.78, 5) is 27.4. The molecule has 8 nitrogen and oxygen atoms in total. The van der Waals surface area contributed by atoms with Gasteiger partial charge in [-0.2, -0.15) is 0 Å². The molecule has 2 aromatic carbocycles. The van der Waals surface area contributed by atoms with Crippen LogP contribution in [0.25, 0.3) is 11.0 Å². The molecule has 1 aromatic heterocycles. The number of nitro groups is 1.